The van der Waals surface area contributed by atoms with E-state index in [-0.39, 0.29) is 11.6 Å². The van der Waals surface area contributed by atoms with Gasteiger partial charge in [0, 0.05) is 28.5 Å². The maximum Gasteiger partial charge on any atom is 0.275 e. The molecule has 0 aliphatic rings. The molecule has 3 aromatic rings. The maximum absolute atomic E-state index is 12.3. The number of nitro groups is 1. The smallest absolute Gasteiger partial charge is 0.275 e. The molecule has 2 heterocycles. The molecule has 0 fully saturated rings. The van der Waals surface area contributed by atoms with Crippen LogP contribution in [0.1, 0.15) is 16.1 Å². The lowest BCUT2D eigenvalue weighted by Gasteiger charge is -2.06. The highest BCUT2D eigenvalue weighted by Gasteiger charge is 2.15. The number of amides is 1. The molecule has 0 saturated heterocycles. The highest BCUT2D eigenvalue weighted by molar-refractivity contribution is 7.14. The van der Waals surface area contributed by atoms with Crippen LogP contribution in [-0.2, 0) is 0 Å². The number of rotatable bonds is 4. The molecule has 23 heavy (non-hydrogen) atoms. The predicted molar refractivity (Wildman–Crippen MR) is 91.2 cm³/mol. The molecule has 1 amide bonds. The Balaban J connectivity index is 1.82. The summed E-state index contributed by atoms with van der Waals surface area (Å²) in [4.78, 5) is 27.0. The van der Waals surface area contributed by atoms with Crippen molar-refractivity contribution < 1.29 is 9.72 Å². The fourth-order valence-electron chi connectivity index (χ4n) is 1.94. The third kappa shape index (κ3) is 3.27. The van der Waals surface area contributed by atoms with E-state index in [0.717, 1.165) is 16.1 Å². The average Bonchev–Trinajstić information content (AvgIpc) is 3.20. The van der Waals surface area contributed by atoms with Crippen molar-refractivity contribution in [3.8, 4) is 10.6 Å². The van der Waals surface area contributed by atoms with Gasteiger partial charge in [0.2, 0.25) is 0 Å². The molecule has 1 N–H and O–H groups in total. The second-order valence-electron chi connectivity index (χ2n) is 4.76. The molecule has 6 nitrogen and oxygen atoms in total. The summed E-state index contributed by atoms with van der Waals surface area (Å²) in [5.74, 6) is -0.383. The van der Waals surface area contributed by atoms with Crippen LogP contribution in [0.5, 0.6) is 0 Å². The van der Waals surface area contributed by atoms with Crippen LogP contribution >= 0.6 is 22.7 Å². The van der Waals surface area contributed by atoms with Crippen LogP contribution in [0, 0.1) is 17.0 Å². The van der Waals surface area contributed by atoms with Crippen LogP contribution in [0.3, 0.4) is 0 Å². The summed E-state index contributed by atoms with van der Waals surface area (Å²) in [6.07, 6.45) is 0. The minimum Gasteiger partial charge on any atom is -0.320 e. The number of benzene rings is 1. The van der Waals surface area contributed by atoms with Crippen LogP contribution in [0.4, 0.5) is 11.4 Å². The minimum absolute atomic E-state index is 0.0665. The molecule has 0 bridgehead atoms. The first-order valence-corrected chi connectivity index (χ1v) is 8.41. The Morgan fingerprint density at radius 2 is 2.13 bits per heavy atom. The molecule has 0 saturated carbocycles. The Bertz CT molecular complexity index is 872. The number of non-ortho nitro benzene ring substituents is 1. The summed E-state index contributed by atoms with van der Waals surface area (Å²) in [7, 11) is 0. The number of thiophene rings is 1. The summed E-state index contributed by atoms with van der Waals surface area (Å²) >= 11 is 2.95. The van der Waals surface area contributed by atoms with Crippen molar-refractivity contribution in [2.75, 3.05) is 5.32 Å². The van der Waals surface area contributed by atoms with Gasteiger partial charge >= 0.3 is 0 Å². The maximum atomic E-state index is 12.3. The van der Waals surface area contributed by atoms with Gasteiger partial charge in [-0.25, -0.2) is 4.98 Å². The van der Waals surface area contributed by atoms with Crippen LogP contribution in [0.15, 0.2) is 40.4 Å². The normalized spacial score (nSPS) is 10.5. The molecular formula is C15H11N3O3S2. The van der Waals surface area contributed by atoms with Gasteiger partial charge in [-0.15, -0.1) is 11.3 Å². The van der Waals surface area contributed by atoms with E-state index in [4.69, 9.17) is 0 Å². The Hall–Kier alpha value is -2.58. The zero-order valence-electron chi connectivity index (χ0n) is 12.0. The van der Waals surface area contributed by atoms with Gasteiger partial charge in [0.1, 0.15) is 10.7 Å². The van der Waals surface area contributed by atoms with Crippen molar-refractivity contribution >= 4 is 40.0 Å². The summed E-state index contributed by atoms with van der Waals surface area (Å²) in [6.45, 7) is 1.77. The second-order valence-corrected chi connectivity index (χ2v) is 6.40. The minimum atomic E-state index is -0.493. The van der Waals surface area contributed by atoms with E-state index < -0.39 is 4.92 Å². The van der Waals surface area contributed by atoms with E-state index in [9.17, 15) is 14.9 Å². The lowest BCUT2D eigenvalue weighted by atomic mass is 10.2. The van der Waals surface area contributed by atoms with Gasteiger partial charge in [-0.05, 0) is 23.9 Å². The van der Waals surface area contributed by atoms with Crippen LogP contribution in [-0.4, -0.2) is 15.8 Å². The van der Waals surface area contributed by atoms with Crippen LogP contribution < -0.4 is 5.32 Å². The van der Waals surface area contributed by atoms with Gasteiger partial charge in [0.05, 0.1) is 10.6 Å². The van der Waals surface area contributed by atoms with E-state index in [1.54, 1.807) is 29.7 Å². The quantitative estimate of drug-likeness (QED) is 0.563. The molecule has 1 aromatic carbocycles. The standard InChI is InChI=1S/C15H11N3O3S2/c1-9-2-3-11(18(20)21)6-12(9)16-14(19)13-8-23-15(17-13)10-4-5-22-7-10/h2-8H,1H3,(H,16,19). The van der Waals surface area contributed by atoms with Gasteiger partial charge in [-0.3, -0.25) is 14.9 Å². The van der Waals surface area contributed by atoms with Crippen LogP contribution in [0.25, 0.3) is 10.6 Å². The third-order valence-corrected chi connectivity index (χ3v) is 4.76. The number of hydrogen-bond donors (Lipinski definition) is 1. The van der Waals surface area contributed by atoms with Crippen molar-refractivity contribution in [3.05, 3.63) is 61.8 Å². The summed E-state index contributed by atoms with van der Waals surface area (Å²) in [5.41, 5.74) is 2.36. The van der Waals surface area contributed by atoms with Crippen LogP contribution in [0.2, 0.25) is 0 Å². The number of nitrogens with one attached hydrogen (secondary N) is 1. The highest BCUT2D eigenvalue weighted by atomic mass is 32.1. The monoisotopic (exact) mass is 345 g/mol. The Morgan fingerprint density at radius 1 is 1.30 bits per heavy atom. The number of carbonyl (C=O) groups excluding carboxylic acids is 1. The Labute approximate surface area is 139 Å². The summed E-state index contributed by atoms with van der Waals surface area (Å²) in [6, 6.07) is 6.30. The Morgan fingerprint density at radius 3 is 2.83 bits per heavy atom. The molecule has 0 unspecified atom stereocenters. The van der Waals surface area contributed by atoms with Crippen molar-refractivity contribution in [3.63, 3.8) is 0 Å². The van der Waals surface area contributed by atoms with Gasteiger partial charge in [-0.1, -0.05) is 6.07 Å². The van der Waals surface area contributed by atoms with E-state index in [1.807, 2.05) is 16.8 Å². The summed E-state index contributed by atoms with van der Waals surface area (Å²) < 4.78 is 0. The zero-order chi connectivity index (χ0) is 16.4. The Kier molecular flexibility index (Phi) is 4.18. The second kappa shape index (κ2) is 6.27. The molecule has 0 aliphatic carbocycles. The molecule has 116 valence electrons. The molecule has 0 radical (unpaired) electrons. The average molecular weight is 345 g/mol. The predicted octanol–water partition coefficient (Wildman–Crippen LogP) is 4.34. The van der Waals surface area contributed by atoms with Crippen molar-refractivity contribution in [2.24, 2.45) is 0 Å². The van der Waals surface area contributed by atoms with E-state index in [1.165, 1.54) is 23.5 Å². The number of thiazole rings is 1. The van der Waals surface area contributed by atoms with E-state index >= 15 is 0 Å². The first-order valence-electron chi connectivity index (χ1n) is 6.59. The number of hydrogen-bond acceptors (Lipinski definition) is 6. The topological polar surface area (TPSA) is 85.1 Å². The molecule has 3 rings (SSSR count). The lowest BCUT2D eigenvalue weighted by molar-refractivity contribution is -0.384. The SMILES string of the molecule is Cc1ccc([N+](=O)[O-])cc1NC(=O)c1csc(-c2ccsc2)n1. The summed E-state index contributed by atoms with van der Waals surface area (Å²) in [5, 5.41) is 19.9. The molecule has 2 aromatic heterocycles. The fraction of sp³-hybridized carbons (Fsp3) is 0.0667. The van der Waals surface area contributed by atoms with E-state index in [2.05, 4.69) is 10.3 Å². The zero-order valence-corrected chi connectivity index (χ0v) is 13.6. The van der Waals surface area contributed by atoms with Crippen molar-refractivity contribution in [2.45, 2.75) is 6.92 Å². The van der Waals surface area contributed by atoms with E-state index in [0.29, 0.717) is 11.4 Å². The number of carbonyl (C=O) groups is 1. The molecule has 0 spiro atoms. The van der Waals surface area contributed by atoms with Crippen molar-refractivity contribution in [1.29, 1.82) is 0 Å². The highest BCUT2D eigenvalue weighted by Crippen LogP contribution is 2.27. The largest absolute Gasteiger partial charge is 0.320 e. The number of anilines is 1. The number of aryl methyl sites for hydroxylation is 1. The molecule has 0 aliphatic heterocycles. The van der Waals surface area contributed by atoms with Crippen molar-refractivity contribution in [1.82, 2.24) is 4.98 Å². The third-order valence-electron chi connectivity index (χ3n) is 3.19. The van der Waals surface area contributed by atoms with Gasteiger partial charge in [-0.2, -0.15) is 11.3 Å². The number of aromatic nitrogens is 1. The van der Waals surface area contributed by atoms with Gasteiger partial charge < -0.3 is 5.32 Å². The fourth-order valence-corrected chi connectivity index (χ4v) is 3.45. The van der Waals surface area contributed by atoms with Gasteiger partial charge in [0.15, 0.2) is 0 Å². The molecular weight excluding hydrogens is 334 g/mol. The first kappa shape index (κ1) is 15.3. The lowest BCUT2D eigenvalue weighted by Crippen LogP contribution is -2.13. The number of nitro benzene ring substituents is 1. The molecule has 0 atom stereocenters. The van der Waals surface area contributed by atoms with Gasteiger partial charge in [0.25, 0.3) is 11.6 Å². The molecule has 8 heteroatoms. The number of nitrogens with zero attached hydrogens (tertiary/aromatic N) is 2. The first-order chi connectivity index (χ1) is 11.0.